The molecule has 152 valence electrons. The Morgan fingerprint density at radius 2 is 1.72 bits per heavy atom. The number of ether oxygens (including phenoxy) is 1. The van der Waals surface area contributed by atoms with Crippen molar-refractivity contribution in [2.24, 2.45) is 0 Å². The molecular formula is C23H27N3O3. The third-order valence-corrected chi connectivity index (χ3v) is 4.93. The summed E-state index contributed by atoms with van der Waals surface area (Å²) >= 11 is 0. The Balaban J connectivity index is 1.54. The summed E-state index contributed by atoms with van der Waals surface area (Å²) in [6, 6.07) is 15.4. The lowest BCUT2D eigenvalue weighted by molar-refractivity contribution is -0.125. The molecule has 0 radical (unpaired) electrons. The summed E-state index contributed by atoms with van der Waals surface area (Å²) in [6.45, 7) is 3.89. The highest BCUT2D eigenvalue weighted by Crippen LogP contribution is 2.17. The zero-order valence-electron chi connectivity index (χ0n) is 16.9. The highest BCUT2D eigenvalue weighted by molar-refractivity contribution is 5.94. The molecule has 0 spiro atoms. The summed E-state index contributed by atoms with van der Waals surface area (Å²) in [5.74, 6) is -0.200. The average Bonchev–Trinajstić information content (AvgIpc) is 2.78. The third kappa shape index (κ3) is 5.68. The quantitative estimate of drug-likeness (QED) is 0.767. The molecule has 0 bridgehead atoms. The number of morpholine rings is 1. The van der Waals surface area contributed by atoms with Crippen LogP contribution in [0.15, 0.2) is 54.6 Å². The van der Waals surface area contributed by atoms with E-state index in [-0.39, 0.29) is 11.8 Å². The summed E-state index contributed by atoms with van der Waals surface area (Å²) < 4.78 is 5.39. The van der Waals surface area contributed by atoms with Crippen molar-refractivity contribution in [2.75, 3.05) is 45.3 Å². The van der Waals surface area contributed by atoms with Crippen molar-refractivity contribution in [3.8, 4) is 0 Å². The maximum Gasteiger partial charge on any atom is 0.251 e. The van der Waals surface area contributed by atoms with Crippen molar-refractivity contribution >= 4 is 23.6 Å². The number of nitrogens with one attached hydrogen (secondary N) is 1. The first-order chi connectivity index (χ1) is 14.1. The van der Waals surface area contributed by atoms with Gasteiger partial charge in [-0.1, -0.05) is 24.3 Å². The van der Waals surface area contributed by atoms with E-state index in [9.17, 15) is 9.59 Å². The Bertz CT molecular complexity index is 854. The standard InChI is InChI=1S/C23H27N3O3/c1-24-23(28)20-8-3-18(4-9-20)7-12-22(27)25(2)17-19-5-10-21(11-6-19)26-13-15-29-16-14-26/h3-12H,13-17H2,1-2H3,(H,24,28)/b12-7+. The van der Waals surface area contributed by atoms with E-state index in [4.69, 9.17) is 4.74 Å². The molecule has 2 amide bonds. The van der Waals surface area contributed by atoms with Gasteiger partial charge in [-0.2, -0.15) is 0 Å². The predicted molar refractivity (Wildman–Crippen MR) is 115 cm³/mol. The number of amides is 2. The van der Waals surface area contributed by atoms with E-state index in [1.54, 1.807) is 43.3 Å². The number of carbonyl (C=O) groups excluding carboxylic acids is 2. The van der Waals surface area contributed by atoms with Gasteiger partial charge in [-0.05, 0) is 41.5 Å². The van der Waals surface area contributed by atoms with Gasteiger partial charge in [0, 0.05) is 51.1 Å². The summed E-state index contributed by atoms with van der Waals surface area (Å²) in [6.07, 6.45) is 3.31. The molecule has 1 aliphatic heterocycles. The second kappa shape index (κ2) is 9.89. The average molecular weight is 393 g/mol. The van der Waals surface area contributed by atoms with E-state index in [0.29, 0.717) is 12.1 Å². The van der Waals surface area contributed by atoms with Gasteiger partial charge in [0.2, 0.25) is 5.91 Å². The molecule has 3 rings (SSSR count). The molecule has 6 nitrogen and oxygen atoms in total. The van der Waals surface area contributed by atoms with Crippen LogP contribution in [-0.4, -0.2) is 57.1 Å². The Morgan fingerprint density at radius 1 is 1.07 bits per heavy atom. The monoisotopic (exact) mass is 393 g/mol. The molecule has 1 aliphatic rings. The van der Waals surface area contributed by atoms with Gasteiger partial charge in [0.15, 0.2) is 0 Å². The van der Waals surface area contributed by atoms with Gasteiger partial charge >= 0.3 is 0 Å². The van der Waals surface area contributed by atoms with Crippen molar-refractivity contribution < 1.29 is 14.3 Å². The second-order valence-electron chi connectivity index (χ2n) is 6.99. The van der Waals surface area contributed by atoms with Gasteiger partial charge < -0.3 is 19.9 Å². The Hall–Kier alpha value is -3.12. The lowest BCUT2D eigenvalue weighted by Gasteiger charge is -2.29. The van der Waals surface area contributed by atoms with Crippen LogP contribution >= 0.6 is 0 Å². The number of anilines is 1. The van der Waals surface area contributed by atoms with Crippen molar-refractivity contribution in [3.63, 3.8) is 0 Å². The van der Waals surface area contributed by atoms with Crippen LogP contribution in [0.4, 0.5) is 5.69 Å². The molecule has 1 heterocycles. The number of nitrogens with zero attached hydrogens (tertiary/aromatic N) is 2. The molecule has 0 unspecified atom stereocenters. The SMILES string of the molecule is CNC(=O)c1ccc(/C=C/C(=O)N(C)Cc2ccc(N3CCOCC3)cc2)cc1. The molecule has 2 aromatic carbocycles. The normalized spacial score (nSPS) is 14.1. The van der Waals surface area contributed by atoms with Crippen LogP contribution in [0, 0.1) is 0 Å². The maximum absolute atomic E-state index is 12.4. The zero-order chi connectivity index (χ0) is 20.6. The van der Waals surface area contributed by atoms with E-state index in [1.165, 1.54) is 5.69 Å². The second-order valence-corrected chi connectivity index (χ2v) is 6.99. The van der Waals surface area contributed by atoms with E-state index in [1.807, 2.05) is 12.1 Å². The first-order valence-corrected chi connectivity index (χ1v) is 9.74. The van der Waals surface area contributed by atoms with E-state index >= 15 is 0 Å². The first kappa shape index (κ1) is 20.6. The molecule has 0 saturated carbocycles. The zero-order valence-corrected chi connectivity index (χ0v) is 16.9. The van der Waals surface area contributed by atoms with E-state index in [2.05, 4.69) is 34.5 Å². The number of carbonyl (C=O) groups is 2. The predicted octanol–water partition coefficient (Wildman–Crippen LogP) is 2.55. The van der Waals surface area contributed by atoms with Crippen molar-refractivity contribution in [1.29, 1.82) is 0 Å². The van der Waals surface area contributed by atoms with Crippen LogP contribution in [0.2, 0.25) is 0 Å². The molecule has 2 aromatic rings. The molecule has 1 fully saturated rings. The number of likely N-dealkylation sites (N-methyl/N-ethyl adjacent to an activating group) is 1. The molecule has 0 atom stereocenters. The van der Waals surface area contributed by atoms with Gasteiger partial charge in [0.25, 0.3) is 5.91 Å². The lowest BCUT2D eigenvalue weighted by Crippen LogP contribution is -2.36. The largest absolute Gasteiger partial charge is 0.378 e. The van der Waals surface area contributed by atoms with Crippen LogP contribution in [-0.2, 0) is 16.1 Å². The Kier molecular flexibility index (Phi) is 7.03. The topological polar surface area (TPSA) is 61.9 Å². The molecule has 29 heavy (non-hydrogen) atoms. The van der Waals surface area contributed by atoms with Gasteiger partial charge in [0.05, 0.1) is 13.2 Å². The third-order valence-electron chi connectivity index (χ3n) is 4.93. The fourth-order valence-corrected chi connectivity index (χ4v) is 3.17. The molecule has 0 aliphatic carbocycles. The fourth-order valence-electron chi connectivity index (χ4n) is 3.17. The van der Waals surface area contributed by atoms with Crippen molar-refractivity contribution in [3.05, 3.63) is 71.3 Å². The lowest BCUT2D eigenvalue weighted by atomic mass is 10.1. The smallest absolute Gasteiger partial charge is 0.251 e. The number of hydrogen-bond acceptors (Lipinski definition) is 4. The van der Waals surface area contributed by atoms with Crippen LogP contribution in [0.25, 0.3) is 6.08 Å². The minimum Gasteiger partial charge on any atom is -0.378 e. The number of rotatable bonds is 6. The van der Waals surface area contributed by atoms with Crippen molar-refractivity contribution in [1.82, 2.24) is 10.2 Å². The minimum atomic E-state index is -0.129. The Morgan fingerprint density at radius 3 is 2.34 bits per heavy atom. The first-order valence-electron chi connectivity index (χ1n) is 9.74. The van der Waals surface area contributed by atoms with Gasteiger partial charge in [-0.15, -0.1) is 0 Å². The highest BCUT2D eigenvalue weighted by Gasteiger charge is 2.11. The van der Waals surface area contributed by atoms with Crippen LogP contribution in [0.5, 0.6) is 0 Å². The van der Waals surface area contributed by atoms with Gasteiger partial charge in [-0.25, -0.2) is 0 Å². The molecule has 1 saturated heterocycles. The summed E-state index contributed by atoms with van der Waals surface area (Å²) in [4.78, 5) is 28.0. The minimum absolute atomic E-state index is 0.0716. The Labute approximate surface area is 171 Å². The molecule has 0 aromatic heterocycles. The highest BCUT2D eigenvalue weighted by atomic mass is 16.5. The summed E-state index contributed by atoms with van der Waals surface area (Å²) in [5.41, 5.74) is 3.73. The molecule has 6 heteroatoms. The van der Waals surface area contributed by atoms with Gasteiger partial charge in [-0.3, -0.25) is 9.59 Å². The maximum atomic E-state index is 12.4. The van der Waals surface area contributed by atoms with Crippen LogP contribution < -0.4 is 10.2 Å². The number of benzene rings is 2. The van der Waals surface area contributed by atoms with Crippen LogP contribution in [0.1, 0.15) is 21.5 Å². The van der Waals surface area contributed by atoms with Crippen LogP contribution in [0.3, 0.4) is 0 Å². The van der Waals surface area contributed by atoms with Crippen molar-refractivity contribution in [2.45, 2.75) is 6.54 Å². The molecular weight excluding hydrogens is 366 g/mol. The van der Waals surface area contributed by atoms with E-state index < -0.39 is 0 Å². The summed E-state index contributed by atoms with van der Waals surface area (Å²) in [7, 11) is 3.39. The van der Waals surface area contributed by atoms with Gasteiger partial charge in [0.1, 0.15) is 0 Å². The summed E-state index contributed by atoms with van der Waals surface area (Å²) in [5, 5.41) is 2.59. The number of hydrogen-bond donors (Lipinski definition) is 1. The molecule has 1 N–H and O–H groups in total. The van der Waals surface area contributed by atoms with E-state index in [0.717, 1.165) is 37.4 Å². The fraction of sp³-hybridized carbons (Fsp3) is 0.304.